The van der Waals surface area contributed by atoms with Gasteiger partial charge >= 0.3 is 18.2 Å². The molecule has 1 N–H and O–H groups in total. The van der Waals surface area contributed by atoms with Gasteiger partial charge in [0.25, 0.3) is 0 Å². The number of likely N-dealkylation sites (N-methyl/N-ethyl adjacent to an activating group) is 1. The van der Waals surface area contributed by atoms with Crippen LogP contribution in [0.5, 0.6) is 0 Å². The molecule has 0 saturated heterocycles. The fourth-order valence-electron chi connectivity index (χ4n) is 1.03. The second-order valence-electron chi connectivity index (χ2n) is 4.49. The van der Waals surface area contributed by atoms with Gasteiger partial charge in [0.1, 0.15) is 5.54 Å². The number of alkyl halides is 3. The van der Waals surface area contributed by atoms with Crippen molar-refractivity contribution in [3.8, 4) is 0 Å². The highest BCUT2D eigenvalue weighted by molar-refractivity contribution is 5.85. The van der Waals surface area contributed by atoms with Crippen molar-refractivity contribution in [2.75, 3.05) is 20.6 Å². The van der Waals surface area contributed by atoms with E-state index in [1.807, 2.05) is 0 Å². The van der Waals surface area contributed by atoms with Crippen LogP contribution in [-0.2, 0) is 4.79 Å². The number of aliphatic carboxylic acids is 1. The van der Waals surface area contributed by atoms with Crippen LogP contribution < -0.4 is 0 Å². The monoisotopic (exact) mass is 270 g/mol. The summed E-state index contributed by atoms with van der Waals surface area (Å²) in [5.74, 6) is -1.23. The third-order valence-corrected chi connectivity index (χ3v) is 2.71. The largest absolute Gasteiger partial charge is 0.480 e. The lowest BCUT2D eigenvalue weighted by atomic mass is 10.0. The first-order chi connectivity index (χ1) is 7.89. The summed E-state index contributed by atoms with van der Waals surface area (Å²) in [7, 11) is 2.43. The lowest BCUT2D eigenvalue weighted by molar-refractivity contribution is -0.147. The zero-order valence-corrected chi connectivity index (χ0v) is 10.7. The topological polar surface area (TPSA) is 60.9 Å². The van der Waals surface area contributed by atoms with Crippen molar-refractivity contribution in [1.29, 1.82) is 0 Å². The molecule has 0 aliphatic rings. The van der Waals surface area contributed by atoms with E-state index in [0.717, 1.165) is 9.80 Å². The van der Waals surface area contributed by atoms with Crippen LogP contribution >= 0.6 is 0 Å². The molecular formula is C10H17F3N2O3. The quantitative estimate of drug-likeness (QED) is 0.847. The van der Waals surface area contributed by atoms with E-state index >= 15 is 0 Å². The van der Waals surface area contributed by atoms with E-state index in [1.165, 1.54) is 27.9 Å². The number of amides is 2. The average Bonchev–Trinajstić information content (AvgIpc) is 2.22. The average molecular weight is 270 g/mol. The Bertz CT molecular complexity index is 329. The predicted molar refractivity (Wildman–Crippen MR) is 58.2 cm³/mol. The van der Waals surface area contributed by atoms with E-state index in [0.29, 0.717) is 0 Å². The summed E-state index contributed by atoms with van der Waals surface area (Å²) in [6, 6.07) is -0.772. The molecule has 106 valence electrons. The fraction of sp³-hybridized carbons (Fsp3) is 0.800. The summed E-state index contributed by atoms with van der Waals surface area (Å²) in [5.41, 5.74) is -1.48. The Balaban J connectivity index is 4.61. The maximum atomic E-state index is 12.0. The number of urea groups is 1. The molecular weight excluding hydrogens is 253 g/mol. The van der Waals surface area contributed by atoms with Crippen LogP contribution in [-0.4, -0.2) is 59.3 Å². The lowest BCUT2D eigenvalue weighted by Crippen LogP contribution is -2.54. The second-order valence-corrected chi connectivity index (χ2v) is 4.49. The third-order valence-electron chi connectivity index (χ3n) is 2.71. The molecule has 0 aliphatic heterocycles. The maximum Gasteiger partial charge on any atom is 0.390 e. The second kappa shape index (κ2) is 5.45. The Morgan fingerprint density at radius 1 is 1.17 bits per heavy atom. The number of carboxylic acids is 1. The fourth-order valence-corrected chi connectivity index (χ4v) is 1.03. The Morgan fingerprint density at radius 2 is 1.61 bits per heavy atom. The normalized spacial score (nSPS) is 12.2. The Morgan fingerprint density at radius 3 is 1.94 bits per heavy atom. The molecule has 0 fully saturated rings. The molecule has 0 atom stereocenters. The molecule has 18 heavy (non-hydrogen) atoms. The molecule has 0 saturated carbocycles. The molecule has 0 spiro atoms. The molecule has 0 rings (SSSR count). The summed E-state index contributed by atoms with van der Waals surface area (Å²) < 4.78 is 36.0. The zero-order valence-electron chi connectivity index (χ0n) is 10.7. The number of rotatable bonds is 4. The van der Waals surface area contributed by atoms with Crippen LogP contribution in [0, 0.1) is 0 Å². The van der Waals surface area contributed by atoms with Crippen molar-refractivity contribution in [1.82, 2.24) is 9.80 Å². The highest BCUT2D eigenvalue weighted by Crippen LogP contribution is 2.20. The highest BCUT2D eigenvalue weighted by atomic mass is 19.4. The molecule has 0 aliphatic carbocycles. The van der Waals surface area contributed by atoms with Gasteiger partial charge in [0, 0.05) is 20.6 Å². The molecule has 0 heterocycles. The molecule has 0 radical (unpaired) electrons. The number of carboxylic acid groups (broad SMARTS) is 1. The van der Waals surface area contributed by atoms with E-state index in [4.69, 9.17) is 5.11 Å². The lowest BCUT2D eigenvalue weighted by Gasteiger charge is -2.34. The molecule has 0 aromatic carbocycles. The van der Waals surface area contributed by atoms with Crippen molar-refractivity contribution in [3.05, 3.63) is 0 Å². The van der Waals surface area contributed by atoms with Crippen LogP contribution in [0.4, 0.5) is 18.0 Å². The van der Waals surface area contributed by atoms with E-state index in [9.17, 15) is 22.8 Å². The number of nitrogens with zero attached hydrogens (tertiary/aromatic N) is 2. The number of hydrogen-bond acceptors (Lipinski definition) is 2. The van der Waals surface area contributed by atoms with Gasteiger partial charge < -0.3 is 14.9 Å². The summed E-state index contributed by atoms with van der Waals surface area (Å²) in [4.78, 5) is 24.4. The van der Waals surface area contributed by atoms with Crippen LogP contribution in [0.2, 0.25) is 0 Å². The van der Waals surface area contributed by atoms with E-state index in [2.05, 4.69) is 0 Å². The molecule has 2 amide bonds. The summed E-state index contributed by atoms with van der Waals surface area (Å²) >= 11 is 0. The predicted octanol–water partition coefficient (Wildman–Crippen LogP) is 1.79. The Kier molecular flexibility index (Phi) is 5.00. The molecule has 0 unspecified atom stereocenters. The minimum absolute atomic E-state index is 0.512. The van der Waals surface area contributed by atoms with Crippen molar-refractivity contribution >= 4 is 12.0 Å². The zero-order chi connectivity index (χ0) is 14.7. The first-order valence-corrected chi connectivity index (χ1v) is 5.18. The summed E-state index contributed by atoms with van der Waals surface area (Å²) in [6.07, 6.45) is -5.48. The van der Waals surface area contributed by atoms with Crippen molar-refractivity contribution in [2.45, 2.75) is 32.0 Å². The van der Waals surface area contributed by atoms with Gasteiger partial charge in [0.05, 0.1) is 6.42 Å². The molecule has 0 aromatic rings. The maximum absolute atomic E-state index is 12.0. The van der Waals surface area contributed by atoms with E-state index < -0.39 is 36.7 Å². The van der Waals surface area contributed by atoms with E-state index in [1.54, 1.807) is 0 Å². The third kappa shape index (κ3) is 4.42. The van der Waals surface area contributed by atoms with E-state index in [-0.39, 0.29) is 0 Å². The van der Waals surface area contributed by atoms with Crippen LogP contribution in [0.3, 0.4) is 0 Å². The molecule has 0 aromatic heterocycles. The number of hydrogen-bond donors (Lipinski definition) is 1. The minimum Gasteiger partial charge on any atom is -0.480 e. The van der Waals surface area contributed by atoms with Gasteiger partial charge in [-0.2, -0.15) is 13.2 Å². The molecule has 8 heteroatoms. The summed E-state index contributed by atoms with van der Waals surface area (Å²) in [6.45, 7) is 2.08. The van der Waals surface area contributed by atoms with Crippen molar-refractivity contribution < 1.29 is 27.9 Å². The number of halogens is 3. The van der Waals surface area contributed by atoms with Gasteiger partial charge in [-0.25, -0.2) is 9.59 Å². The van der Waals surface area contributed by atoms with Gasteiger partial charge in [-0.15, -0.1) is 0 Å². The molecule has 0 bridgehead atoms. The smallest absolute Gasteiger partial charge is 0.390 e. The van der Waals surface area contributed by atoms with Gasteiger partial charge in [0.15, 0.2) is 0 Å². The van der Waals surface area contributed by atoms with Crippen LogP contribution in [0.25, 0.3) is 0 Å². The number of carbonyl (C=O) groups is 2. The van der Waals surface area contributed by atoms with Crippen LogP contribution in [0.1, 0.15) is 20.3 Å². The highest BCUT2D eigenvalue weighted by Gasteiger charge is 2.37. The van der Waals surface area contributed by atoms with Gasteiger partial charge in [-0.05, 0) is 13.8 Å². The van der Waals surface area contributed by atoms with Crippen molar-refractivity contribution in [2.24, 2.45) is 0 Å². The first kappa shape index (κ1) is 16.5. The minimum atomic E-state index is -4.35. The van der Waals surface area contributed by atoms with Gasteiger partial charge in [0.2, 0.25) is 0 Å². The Hall–Kier alpha value is -1.47. The standard InChI is InChI=1S/C10H17F3N2O3/c1-9(2,7(16)17)15(4)8(18)14(3)6-5-10(11,12)13/h5-6H2,1-4H3,(H,16,17). The van der Waals surface area contributed by atoms with Crippen molar-refractivity contribution in [3.63, 3.8) is 0 Å². The number of carbonyl (C=O) groups excluding carboxylic acids is 1. The Labute approximate surface area is 103 Å². The molecule has 5 nitrogen and oxygen atoms in total. The SMILES string of the molecule is CN(CCC(F)(F)F)C(=O)N(C)C(C)(C)C(=O)O. The van der Waals surface area contributed by atoms with Gasteiger partial charge in [-0.1, -0.05) is 0 Å². The summed E-state index contributed by atoms with van der Waals surface area (Å²) in [5, 5.41) is 8.91. The first-order valence-electron chi connectivity index (χ1n) is 5.18. The van der Waals surface area contributed by atoms with Gasteiger partial charge in [-0.3, -0.25) is 0 Å². The van der Waals surface area contributed by atoms with Crippen LogP contribution in [0.15, 0.2) is 0 Å².